The maximum absolute atomic E-state index is 11.8. The van der Waals surface area contributed by atoms with E-state index in [9.17, 15) is 9.59 Å². The molecule has 0 saturated heterocycles. The fourth-order valence-electron chi connectivity index (χ4n) is 1.65. The second kappa shape index (κ2) is 6.99. The van der Waals surface area contributed by atoms with Gasteiger partial charge in [-0.25, -0.2) is 4.98 Å². The van der Waals surface area contributed by atoms with Crippen molar-refractivity contribution in [2.24, 2.45) is 0 Å². The highest BCUT2D eigenvalue weighted by Gasteiger charge is 2.08. The number of carbonyl (C=O) groups excluding carboxylic acids is 2. The molecule has 5 nitrogen and oxygen atoms in total. The normalized spacial score (nSPS) is 10.0. The zero-order valence-electron chi connectivity index (χ0n) is 11.4. The Morgan fingerprint density at radius 1 is 1.14 bits per heavy atom. The molecule has 0 saturated carbocycles. The third-order valence-corrected chi connectivity index (χ3v) is 3.57. The highest BCUT2D eigenvalue weighted by atomic mass is 79.9. The SMILES string of the molecule is Cc1nc(NC(=O)CNC(=O)c2ccccc2)ccc1Br. The minimum absolute atomic E-state index is 0.107. The predicted molar refractivity (Wildman–Crippen MR) is 84.1 cm³/mol. The molecule has 0 bridgehead atoms. The van der Waals surface area contributed by atoms with Crippen LogP contribution in [-0.4, -0.2) is 23.3 Å². The van der Waals surface area contributed by atoms with Crippen LogP contribution >= 0.6 is 15.9 Å². The molecule has 0 spiro atoms. The molecule has 2 amide bonds. The number of hydrogen-bond acceptors (Lipinski definition) is 3. The summed E-state index contributed by atoms with van der Waals surface area (Å²) in [6.45, 7) is 1.72. The molecule has 1 aromatic heterocycles. The molecule has 0 unspecified atom stereocenters. The van der Waals surface area contributed by atoms with Crippen molar-refractivity contribution in [3.05, 3.63) is 58.2 Å². The van der Waals surface area contributed by atoms with Gasteiger partial charge in [-0.05, 0) is 47.1 Å². The van der Waals surface area contributed by atoms with Crippen LogP contribution in [0.3, 0.4) is 0 Å². The fraction of sp³-hybridized carbons (Fsp3) is 0.133. The van der Waals surface area contributed by atoms with E-state index in [0.717, 1.165) is 10.2 Å². The molecular weight excluding hydrogens is 334 g/mol. The second-order valence-corrected chi connectivity index (χ2v) is 5.21. The highest BCUT2D eigenvalue weighted by Crippen LogP contribution is 2.15. The number of carbonyl (C=O) groups is 2. The maximum Gasteiger partial charge on any atom is 0.251 e. The van der Waals surface area contributed by atoms with Gasteiger partial charge < -0.3 is 10.6 Å². The van der Waals surface area contributed by atoms with E-state index in [0.29, 0.717) is 11.4 Å². The molecule has 0 aliphatic rings. The molecule has 0 aliphatic heterocycles. The number of pyridine rings is 1. The molecule has 6 heteroatoms. The molecule has 2 rings (SSSR count). The van der Waals surface area contributed by atoms with E-state index >= 15 is 0 Å². The van der Waals surface area contributed by atoms with Gasteiger partial charge in [-0.3, -0.25) is 9.59 Å². The van der Waals surface area contributed by atoms with E-state index < -0.39 is 0 Å². The maximum atomic E-state index is 11.8. The van der Waals surface area contributed by atoms with E-state index in [2.05, 4.69) is 31.5 Å². The molecule has 0 aliphatic carbocycles. The van der Waals surface area contributed by atoms with Crippen molar-refractivity contribution in [3.8, 4) is 0 Å². The Morgan fingerprint density at radius 2 is 1.86 bits per heavy atom. The first-order valence-corrected chi connectivity index (χ1v) is 7.12. The van der Waals surface area contributed by atoms with E-state index in [1.807, 2.05) is 13.0 Å². The van der Waals surface area contributed by atoms with Crippen LogP contribution in [0.15, 0.2) is 46.9 Å². The number of aromatic nitrogens is 1. The van der Waals surface area contributed by atoms with Crippen LogP contribution in [0.2, 0.25) is 0 Å². The lowest BCUT2D eigenvalue weighted by atomic mass is 10.2. The average Bonchev–Trinajstić information content (AvgIpc) is 2.49. The minimum Gasteiger partial charge on any atom is -0.343 e. The van der Waals surface area contributed by atoms with Crippen LogP contribution in [0.1, 0.15) is 16.1 Å². The number of nitrogens with zero attached hydrogens (tertiary/aromatic N) is 1. The number of anilines is 1. The molecule has 108 valence electrons. The van der Waals surface area contributed by atoms with E-state index in [4.69, 9.17) is 0 Å². The summed E-state index contributed by atoms with van der Waals surface area (Å²) >= 11 is 3.34. The summed E-state index contributed by atoms with van der Waals surface area (Å²) in [5, 5.41) is 5.19. The van der Waals surface area contributed by atoms with Crippen LogP contribution in [0.5, 0.6) is 0 Å². The van der Waals surface area contributed by atoms with Crippen molar-refractivity contribution in [1.82, 2.24) is 10.3 Å². The second-order valence-electron chi connectivity index (χ2n) is 4.36. The van der Waals surface area contributed by atoms with E-state index in [-0.39, 0.29) is 18.4 Å². The number of aryl methyl sites for hydroxylation is 1. The highest BCUT2D eigenvalue weighted by molar-refractivity contribution is 9.10. The van der Waals surface area contributed by atoms with Crippen LogP contribution in [0, 0.1) is 6.92 Å². The molecule has 1 aromatic carbocycles. The minimum atomic E-state index is -0.325. The molecule has 2 aromatic rings. The Kier molecular flexibility index (Phi) is 5.05. The lowest BCUT2D eigenvalue weighted by molar-refractivity contribution is -0.115. The van der Waals surface area contributed by atoms with Crippen molar-refractivity contribution in [2.45, 2.75) is 6.92 Å². The van der Waals surface area contributed by atoms with Gasteiger partial charge in [-0.2, -0.15) is 0 Å². The number of rotatable bonds is 4. The van der Waals surface area contributed by atoms with Gasteiger partial charge in [0.05, 0.1) is 12.2 Å². The van der Waals surface area contributed by atoms with Gasteiger partial charge in [0.1, 0.15) is 5.82 Å². The first-order chi connectivity index (χ1) is 10.1. The van der Waals surface area contributed by atoms with Gasteiger partial charge in [0.15, 0.2) is 0 Å². The van der Waals surface area contributed by atoms with Gasteiger partial charge in [-0.1, -0.05) is 18.2 Å². The topological polar surface area (TPSA) is 71.1 Å². The Hall–Kier alpha value is -2.21. The van der Waals surface area contributed by atoms with Crippen molar-refractivity contribution in [1.29, 1.82) is 0 Å². The smallest absolute Gasteiger partial charge is 0.251 e. The average molecular weight is 348 g/mol. The third-order valence-electron chi connectivity index (χ3n) is 2.73. The Morgan fingerprint density at radius 3 is 2.52 bits per heavy atom. The summed E-state index contributed by atoms with van der Waals surface area (Å²) in [7, 11) is 0. The van der Waals surface area contributed by atoms with Gasteiger partial charge in [0.25, 0.3) is 5.91 Å². The Labute approximate surface area is 130 Å². The molecule has 0 atom stereocenters. The summed E-state index contributed by atoms with van der Waals surface area (Å²) in [4.78, 5) is 27.8. The van der Waals surface area contributed by atoms with Crippen molar-refractivity contribution < 1.29 is 9.59 Å². The lowest BCUT2D eigenvalue weighted by Gasteiger charge is -2.07. The summed E-state index contributed by atoms with van der Waals surface area (Å²) < 4.78 is 0.873. The molecule has 1 heterocycles. The Bertz CT molecular complexity index is 659. The monoisotopic (exact) mass is 347 g/mol. The number of halogens is 1. The van der Waals surface area contributed by atoms with Gasteiger partial charge in [-0.15, -0.1) is 0 Å². The van der Waals surface area contributed by atoms with Crippen LogP contribution in [-0.2, 0) is 4.79 Å². The van der Waals surface area contributed by atoms with Crippen molar-refractivity contribution in [2.75, 3.05) is 11.9 Å². The van der Waals surface area contributed by atoms with Crippen molar-refractivity contribution in [3.63, 3.8) is 0 Å². The lowest BCUT2D eigenvalue weighted by Crippen LogP contribution is -2.33. The Balaban J connectivity index is 1.87. The number of amides is 2. The standard InChI is InChI=1S/C15H14BrN3O2/c1-10-12(16)7-8-13(18-10)19-14(20)9-17-15(21)11-5-3-2-4-6-11/h2-8H,9H2,1H3,(H,17,21)(H,18,19,20). The quantitative estimate of drug-likeness (QED) is 0.892. The number of benzene rings is 1. The fourth-order valence-corrected chi connectivity index (χ4v) is 1.87. The van der Waals surface area contributed by atoms with Gasteiger partial charge in [0, 0.05) is 10.0 Å². The zero-order chi connectivity index (χ0) is 15.2. The van der Waals surface area contributed by atoms with Gasteiger partial charge in [0.2, 0.25) is 5.91 Å². The summed E-state index contributed by atoms with van der Waals surface area (Å²) in [5.41, 5.74) is 1.30. The third kappa shape index (κ3) is 4.39. The molecule has 0 fully saturated rings. The van der Waals surface area contributed by atoms with Gasteiger partial charge >= 0.3 is 0 Å². The molecule has 0 radical (unpaired) electrons. The first kappa shape index (κ1) is 15.2. The van der Waals surface area contributed by atoms with Crippen LogP contribution in [0.4, 0.5) is 5.82 Å². The predicted octanol–water partition coefficient (Wildman–Crippen LogP) is 2.52. The summed E-state index contributed by atoms with van der Waals surface area (Å²) in [6.07, 6.45) is 0. The van der Waals surface area contributed by atoms with E-state index in [1.165, 1.54) is 0 Å². The number of nitrogens with one attached hydrogen (secondary N) is 2. The van der Waals surface area contributed by atoms with E-state index in [1.54, 1.807) is 36.4 Å². The van der Waals surface area contributed by atoms with Crippen molar-refractivity contribution >= 4 is 33.6 Å². The summed E-state index contributed by atoms with van der Waals surface area (Å²) in [6, 6.07) is 12.2. The molecular formula is C15H14BrN3O2. The number of hydrogen-bond donors (Lipinski definition) is 2. The largest absolute Gasteiger partial charge is 0.343 e. The van der Waals surface area contributed by atoms with Crippen LogP contribution in [0.25, 0.3) is 0 Å². The van der Waals surface area contributed by atoms with Crippen LogP contribution < -0.4 is 10.6 Å². The molecule has 21 heavy (non-hydrogen) atoms. The summed E-state index contributed by atoms with van der Waals surface area (Å²) in [5.74, 6) is -0.158. The first-order valence-electron chi connectivity index (χ1n) is 6.32. The zero-order valence-corrected chi connectivity index (χ0v) is 13.0. The molecule has 2 N–H and O–H groups in total.